The fraction of sp³-hybridized carbons (Fsp3) is 0.222. The molecule has 0 aliphatic carbocycles. The van der Waals surface area contributed by atoms with Crippen LogP contribution in [0.2, 0.25) is 5.02 Å². The van der Waals surface area contributed by atoms with Crippen LogP contribution < -0.4 is 10.6 Å². The Balaban J connectivity index is 2.68. The number of urea groups is 1. The van der Waals surface area contributed by atoms with E-state index < -0.39 is 5.82 Å². The number of halogens is 2. The van der Waals surface area contributed by atoms with Crippen LogP contribution in [-0.4, -0.2) is 12.6 Å². The van der Waals surface area contributed by atoms with Crippen LogP contribution in [-0.2, 0) is 0 Å². The summed E-state index contributed by atoms with van der Waals surface area (Å²) >= 11 is 5.48. The lowest BCUT2D eigenvalue weighted by molar-refractivity contribution is 0.252. The topological polar surface area (TPSA) is 41.1 Å². The molecule has 0 heterocycles. The average molecular weight is 217 g/mol. The lowest BCUT2D eigenvalue weighted by Crippen LogP contribution is -2.28. The molecule has 0 aromatic heterocycles. The van der Waals surface area contributed by atoms with E-state index in [1.165, 1.54) is 12.1 Å². The first-order chi connectivity index (χ1) is 6.63. The second-order valence-electron chi connectivity index (χ2n) is 2.61. The fourth-order valence-electron chi connectivity index (χ4n) is 0.910. The lowest BCUT2D eigenvalue weighted by atomic mass is 10.3. The van der Waals surface area contributed by atoms with Crippen molar-refractivity contribution in [1.29, 1.82) is 0 Å². The Morgan fingerprint density at radius 1 is 1.57 bits per heavy atom. The summed E-state index contributed by atoms with van der Waals surface area (Å²) in [7, 11) is 0. The number of hydrogen-bond donors (Lipinski definition) is 2. The molecule has 76 valence electrons. The molecule has 0 saturated heterocycles. The van der Waals surface area contributed by atoms with Gasteiger partial charge < -0.3 is 10.6 Å². The van der Waals surface area contributed by atoms with Gasteiger partial charge in [-0.3, -0.25) is 0 Å². The van der Waals surface area contributed by atoms with E-state index in [0.29, 0.717) is 12.2 Å². The zero-order valence-corrected chi connectivity index (χ0v) is 8.36. The smallest absolute Gasteiger partial charge is 0.319 e. The molecule has 0 bridgehead atoms. The molecule has 0 unspecified atom stereocenters. The van der Waals surface area contributed by atoms with Crippen LogP contribution in [0.5, 0.6) is 0 Å². The molecule has 2 N–H and O–H groups in total. The van der Waals surface area contributed by atoms with Gasteiger partial charge in [-0.1, -0.05) is 11.6 Å². The van der Waals surface area contributed by atoms with Crippen molar-refractivity contribution in [3.05, 3.63) is 29.0 Å². The SMILES string of the molecule is CCNC(=O)Nc1ccc(Cl)c(F)c1. The number of benzene rings is 1. The van der Waals surface area contributed by atoms with Crippen molar-refractivity contribution in [1.82, 2.24) is 5.32 Å². The number of anilines is 1. The molecule has 0 atom stereocenters. The van der Waals surface area contributed by atoms with Gasteiger partial charge in [-0.2, -0.15) is 0 Å². The Hall–Kier alpha value is -1.29. The molecule has 1 aromatic carbocycles. The molecule has 0 aliphatic rings. The van der Waals surface area contributed by atoms with Crippen molar-refractivity contribution in [2.45, 2.75) is 6.92 Å². The average Bonchev–Trinajstić information content (AvgIpc) is 2.12. The van der Waals surface area contributed by atoms with Crippen molar-refractivity contribution < 1.29 is 9.18 Å². The highest BCUT2D eigenvalue weighted by Crippen LogP contribution is 2.18. The second kappa shape index (κ2) is 4.81. The van der Waals surface area contributed by atoms with E-state index in [0.717, 1.165) is 6.07 Å². The van der Waals surface area contributed by atoms with Gasteiger partial charge in [0.1, 0.15) is 5.82 Å². The molecular formula is C9H10ClFN2O. The van der Waals surface area contributed by atoms with E-state index in [-0.39, 0.29) is 11.1 Å². The molecule has 14 heavy (non-hydrogen) atoms. The normalized spacial score (nSPS) is 9.64. The number of amides is 2. The standard InChI is InChI=1S/C9H10ClFN2O/c1-2-12-9(14)13-6-3-4-7(10)8(11)5-6/h3-5H,2H2,1H3,(H2,12,13,14). The van der Waals surface area contributed by atoms with E-state index in [9.17, 15) is 9.18 Å². The van der Waals surface area contributed by atoms with Gasteiger partial charge >= 0.3 is 6.03 Å². The molecule has 2 amide bonds. The highest BCUT2D eigenvalue weighted by molar-refractivity contribution is 6.30. The first kappa shape index (κ1) is 10.8. The predicted molar refractivity (Wildman–Crippen MR) is 54.1 cm³/mol. The van der Waals surface area contributed by atoms with Crippen LogP contribution in [0.25, 0.3) is 0 Å². The molecule has 0 saturated carbocycles. The maximum Gasteiger partial charge on any atom is 0.319 e. The van der Waals surface area contributed by atoms with Gasteiger partial charge in [-0.15, -0.1) is 0 Å². The fourth-order valence-corrected chi connectivity index (χ4v) is 1.03. The molecular weight excluding hydrogens is 207 g/mol. The summed E-state index contributed by atoms with van der Waals surface area (Å²) in [6.07, 6.45) is 0. The third-order valence-electron chi connectivity index (χ3n) is 1.51. The molecule has 5 heteroatoms. The van der Waals surface area contributed by atoms with Gasteiger partial charge in [0.15, 0.2) is 0 Å². The number of rotatable bonds is 2. The third-order valence-corrected chi connectivity index (χ3v) is 1.82. The van der Waals surface area contributed by atoms with Crippen molar-refractivity contribution >= 4 is 23.3 Å². The Kier molecular flexibility index (Phi) is 3.71. The van der Waals surface area contributed by atoms with Crippen molar-refractivity contribution in [3.63, 3.8) is 0 Å². The van der Waals surface area contributed by atoms with Crippen LogP contribution in [0.4, 0.5) is 14.9 Å². The van der Waals surface area contributed by atoms with Crippen LogP contribution in [0.3, 0.4) is 0 Å². The number of carbonyl (C=O) groups is 1. The number of hydrogen-bond acceptors (Lipinski definition) is 1. The quantitative estimate of drug-likeness (QED) is 0.784. The molecule has 0 spiro atoms. The minimum atomic E-state index is -0.555. The van der Waals surface area contributed by atoms with Gasteiger partial charge in [-0.05, 0) is 25.1 Å². The van der Waals surface area contributed by atoms with Gasteiger partial charge in [-0.25, -0.2) is 9.18 Å². The van der Waals surface area contributed by atoms with Crippen LogP contribution >= 0.6 is 11.6 Å². The number of carbonyl (C=O) groups excluding carboxylic acids is 1. The van der Waals surface area contributed by atoms with Gasteiger partial charge in [0.2, 0.25) is 0 Å². The highest BCUT2D eigenvalue weighted by atomic mass is 35.5. The molecule has 0 fully saturated rings. The second-order valence-corrected chi connectivity index (χ2v) is 3.02. The van der Waals surface area contributed by atoms with E-state index >= 15 is 0 Å². The molecule has 3 nitrogen and oxygen atoms in total. The van der Waals surface area contributed by atoms with Crippen molar-refractivity contribution in [3.8, 4) is 0 Å². The van der Waals surface area contributed by atoms with E-state index in [1.807, 2.05) is 0 Å². The summed E-state index contributed by atoms with van der Waals surface area (Å²) in [5.41, 5.74) is 0.373. The van der Waals surface area contributed by atoms with Gasteiger partial charge in [0.05, 0.1) is 5.02 Å². The number of nitrogens with one attached hydrogen (secondary N) is 2. The first-order valence-corrected chi connectivity index (χ1v) is 4.51. The summed E-state index contributed by atoms with van der Waals surface area (Å²) < 4.78 is 12.9. The van der Waals surface area contributed by atoms with Crippen molar-refractivity contribution in [2.24, 2.45) is 0 Å². The summed E-state index contributed by atoms with van der Waals surface area (Å²) in [6, 6.07) is 3.71. The van der Waals surface area contributed by atoms with Crippen LogP contribution in [0, 0.1) is 5.82 Å². The summed E-state index contributed by atoms with van der Waals surface area (Å²) in [5, 5.41) is 5.02. The van der Waals surface area contributed by atoms with E-state index in [2.05, 4.69) is 10.6 Å². The summed E-state index contributed by atoms with van der Waals surface area (Å²) in [6.45, 7) is 2.31. The lowest BCUT2D eigenvalue weighted by Gasteiger charge is -2.05. The van der Waals surface area contributed by atoms with E-state index in [1.54, 1.807) is 6.92 Å². The minimum absolute atomic E-state index is 0.0337. The summed E-state index contributed by atoms with van der Waals surface area (Å²) in [4.78, 5) is 11.0. The van der Waals surface area contributed by atoms with E-state index in [4.69, 9.17) is 11.6 Å². The van der Waals surface area contributed by atoms with Gasteiger partial charge in [0.25, 0.3) is 0 Å². The highest BCUT2D eigenvalue weighted by Gasteiger charge is 2.03. The van der Waals surface area contributed by atoms with Crippen molar-refractivity contribution in [2.75, 3.05) is 11.9 Å². The maximum atomic E-state index is 12.9. The molecule has 1 rings (SSSR count). The maximum absolute atomic E-state index is 12.9. The van der Waals surface area contributed by atoms with Crippen LogP contribution in [0.1, 0.15) is 6.92 Å². The molecule has 0 radical (unpaired) electrons. The predicted octanol–water partition coefficient (Wildman–Crippen LogP) is 2.62. The van der Waals surface area contributed by atoms with Gasteiger partial charge in [0, 0.05) is 12.2 Å². The monoisotopic (exact) mass is 216 g/mol. The largest absolute Gasteiger partial charge is 0.338 e. The zero-order valence-electron chi connectivity index (χ0n) is 7.60. The Labute approximate surface area is 86.3 Å². The molecule has 0 aliphatic heterocycles. The minimum Gasteiger partial charge on any atom is -0.338 e. The Bertz CT molecular complexity index is 344. The third kappa shape index (κ3) is 2.88. The Morgan fingerprint density at radius 2 is 2.29 bits per heavy atom. The Morgan fingerprint density at radius 3 is 2.86 bits per heavy atom. The summed E-state index contributed by atoms with van der Waals surface area (Å²) in [5.74, 6) is -0.555. The first-order valence-electron chi connectivity index (χ1n) is 4.13. The zero-order chi connectivity index (χ0) is 10.6. The molecule has 1 aromatic rings. The van der Waals surface area contributed by atoms with Crippen LogP contribution in [0.15, 0.2) is 18.2 Å².